The maximum Gasteiger partial charge on any atom is 0.338 e. The van der Waals surface area contributed by atoms with Crippen molar-refractivity contribution in [1.82, 2.24) is 9.88 Å². The molecule has 1 fully saturated rings. The Labute approximate surface area is 196 Å². The lowest BCUT2D eigenvalue weighted by Gasteiger charge is -2.13. The lowest BCUT2D eigenvalue weighted by Crippen LogP contribution is -2.27. The first kappa shape index (κ1) is 22.8. The molecule has 2 aromatic carbocycles. The molecule has 0 unspecified atom stereocenters. The van der Waals surface area contributed by atoms with Gasteiger partial charge in [0.15, 0.2) is 6.61 Å². The maximum absolute atomic E-state index is 12.4. The van der Waals surface area contributed by atoms with Crippen molar-refractivity contribution < 1.29 is 23.9 Å². The van der Waals surface area contributed by atoms with Gasteiger partial charge in [0, 0.05) is 36.2 Å². The monoisotopic (exact) mass is 460 g/mol. The Morgan fingerprint density at radius 1 is 0.853 bits per heavy atom. The van der Waals surface area contributed by atoms with Gasteiger partial charge in [-0.05, 0) is 55.3 Å². The van der Waals surface area contributed by atoms with Crippen LogP contribution in [0, 0.1) is 0 Å². The zero-order chi connectivity index (χ0) is 23.9. The molecule has 3 aromatic rings. The number of esters is 1. The summed E-state index contributed by atoms with van der Waals surface area (Å²) >= 11 is 0. The van der Waals surface area contributed by atoms with Crippen molar-refractivity contribution >= 4 is 35.1 Å². The van der Waals surface area contributed by atoms with E-state index in [1.165, 1.54) is 24.4 Å². The van der Waals surface area contributed by atoms with E-state index in [9.17, 15) is 19.2 Å². The summed E-state index contributed by atoms with van der Waals surface area (Å²) in [6.07, 6.45) is 3.40. The smallest absolute Gasteiger partial charge is 0.338 e. The lowest BCUT2D eigenvalue weighted by molar-refractivity contribution is 0.0474. The molecule has 4 rings (SSSR count). The van der Waals surface area contributed by atoms with Gasteiger partial charge in [-0.15, -0.1) is 0 Å². The highest BCUT2D eigenvalue weighted by Gasteiger charge is 2.22. The molecule has 1 aliphatic heterocycles. The topological polar surface area (TPSA) is 121 Å². The molecule has 0 bridgehead atoms. The van der Waals surface area contributed by atoms with E-state index < -0.39 is 24.4 Å². The first-order valence-electron chi connectivity index (χ1n) is 10.9. The van der Waals surface area contributed by atoms with Crippen LogP contribution in [-0.2, 0) is 4.74 Å². The van der Waals surface area contributed by atoms with Crippen molar-refractivity contribution in [2.45, 2.75) is 12.8 Å². The molecule has 0 aliphatic carbocycles. The number of anilines is 2. The van der Waals surface area contributed by atoms with Crippen LogP contribution in [0.3, 0.4) is 0 Å². The Balaban J connectivity index is 1.26. The number of ether oxygens (including phenoxy) is 1. The third-order valence-electron chi connectivity index (χ3n) is 5.37. The zero-order valence-electron chi connectivity index (χ0n) is 18.4. The number of nitrogens with one attached hydrogen (secondary N) is 3. The summed E-state index contributed by atoms with van der Waals surface area (Å²) in [5.74, 6) is -1.22. The molecule has 34 heavy (non-hydrogen) atoms. The number of aromatic amines is 1. The molecule has 0 saturated carbocycles. The predicted octanol–water partition coefficient (Wildman–Crippen LogP) is 3.93. The molecular formula is C25H24N4O5. The molecule has 174 valence electrons. The number of hydrogen-bond acceptors (Lipinski definition) is 5. The molecule has 1 aromatic heterocycles. The van der Waals surface area contributed by atoms with E-state index >= 15 is 0 Å². The fourth-order valence-electron chi connectivity index (χ4n) is 3.57. The fourth-order valence-corrected chi connectivity index (χ4v) is 3.57. The Hall–Kier alpha value is -4.40. The largest absolute Gasteiger partial charge is 0.454 e. The van der Waals surface area contributed by atoms with Crippen molar-refractivity contribution in [2.24, 2.45) is 0 Å². The molecule has 3 amide bonds. The number of nitrogens with zero attached hydrogens (tertiary/aromatic N) is 1. The Morgan fingerprint density at radius 3 is 2.18 bits per heavy atom. The molecular weight excluding hydrogens is 436 g/mol. The van der Waals surface area contributed by atoms with Crippen LogP contribution in [0.4, 0.5) is 16.2 Å². The number of likely N-dealkylation sites (tertiary alicyclic amines) is 1. The van der Waals surface area contributed by atoms with Gasteiger partial charge in [0.25, 0.3) is 5.91 Å². The van der Waals surface area contributed by atoms with Gasteiger partial charge in [-0.2, -0.15) is 0 Å². The fraction of sp³-hybridized carbons (Fsp3) is 0.200. The average molecular weight is 460 g/mol. The minimum Gasteiger partial charge on any atom is -0.454 e. The standard InChI is InChI=1S/C25H24N4O5/c30-22(18-14-21(26-15-18)23(31)29-12-4-5-13-29)16-34-24(32)17-8-10-20(11-9-17)28-25(33)27-19-6-2-1-3-7-19/h1-3,6-11,14-15,26H,4-5,12-13,16H2,(H2,27,28,33). The molecule has 2 heterocycles. The number of carbonyl (C=O) groups is 4. The highest BCUT2D eigenvalue weighted by molar-refractivity contribution is 6.02. The van der Waals surface area contributed by atoms with Crippen LogP contribution in [0.5, 0.6) is 0 Å². The lowest BCUT2D eigenvalue weighted by atomic mass is 10.2. The number of ketones is 1. The number of para-hydroxylation sites is 1. The molecule has 3 N–H and O–H groups in total. The van der Waals surface area contributed by atoms with Crippen LogP contribution in [0.1, 0.15) is 44.0 Å². The number of hydrogen-bond donors (Lipinski definition) is 3. The quantitative estimate of drug-likeness (QED) is 0.364. The number of rotatable bonds is 7. The van der Waals surface area contributed by atoms with E-state index in [1.54, 1.807) is 29.2 Å². The SMILES string of the molecule is O=C(Nc1ccccc1)Nc1ccc(C(=O)OCC(=O)c2c[nH]c(C(=O)N3CCCC3)c2)cc1. The van der Waals surface area contributed by atoms with Gasteiger partial charge in [-0.25, -0.2) is 9.59 Å². The molecule has 0 radical (unpaired) electrons. The third kappa shape index (κ3) is 5.69. The van der Waals surface area contributed by atoms with Gasteiger partial charge < -0.3 is 25.3 Å². The Kier molecular flexibility index (Phi) is 7.02. The Bertz CT molecular complexity index is 1180. The average Bonchev–Trinajstić information content (AvgIpc) is 3.56. The molecule has 0 spiro atoms. The minimum absolute atomic E-state index is 0.139. The van der Waals surface area contributed by atoms with E-state index in [1.807, 2.05) is 18.2 Å². The maximum atomic E-state index is 12.4. The molecule has 0 atom stereocenters. The predicted molar refractivity (Wildman–Crippen MR) is 126 cm³/mol. The summed E-state index contributed by atoms with van der Waals surface area (Å²) in [4.78, 5) is 53.7. The van der Waals surface area contributed by atoms with Gasteiger partial charge in [-0.1, -0.05) is 18.2 Å². The number of benzene rings is 2. The number of carbonyl (C=O) groups excluding carboxylic acids is 4. The van der Waals surface area contributed by atoms with Gasteiger partial charge in [0.1, 0.15) is 5.69 Å². The van der Waals surface area contributed by atoms with Crippen LogP contribution in [-0.4, -0.2) is 53.3 Å². The van der Waals surface area contributed by atoms with Crippen molar-refractivity contribution in [3.8, 4) is 0 Å². The molecule has 1 saturated heterocycles. The van der Waals surface area contributed by atoms with Crippen LogP contribution >= 0.6 is 0 Å². The van der Waals surface area contributed by atoms with E-state index in [4.69, 9.17) is 4.74 Å². The highest BCUT2D eigenvalue weighted by Crippen LogP contribution is 2.15. The third-order valence-corrected chi connectivity index (χ3v) is 5.37. The van der Waals surface area contributed by atoms with Crippen molar-refractivity contribution in [3.05, 3.63) is 83.7 Å². The number of amides is 3. The van der Waals surface area contributed by atoms with Crippen LogP contribution in [0.25, 0.3) is 0 Å². The first-order valence-corrected chi connectivity index (χ1v) is 10.9. The van der Waals surface area contributed by atoms with E-state index in [2.05, 4.69) is 15.6 Å². The van der Waals surface area contributed by atoms with Crippen molar-refractivity contribution in [3.63, 3.8) is 0 Å². The normalized spacial score (nSPS) is 12.8. The summed E-state index contributed by atoms with van der Waals surface area (Å²) in [5.41, 5.74) is 2.00. The van der Waals surface area contributed by atoms with E-state index in [0.717, 1.165) is 12.8 Å². The van der Waals surface area contributed by atoms with Crippen molar-refractivity contribution in [2.75, 3.05) is 30.3 Å². The summed E-state index contributed by atoms with van der Waals surface area (Å²) in [7, 11) is 0. The summed E-state index contributed by atoms with van der Waals surface area (Å²) in [6.45, 7) is 0.975. The van der Waals surface area contributed by atoms with Gasteiger partial charge in [-0.3, -0.25) is 9.59 Å². The second-order valence-electron chi connectivity index (χ2n) is 7.82. The summed E-state index contributed by atoms with van der Waals surface area (Å²) < 4.78 is 5.12. The van der Waals surface area contributed by atoms with Crippen LogP contribution in [0.15, 0.2) is 66.9 Å². The van der Waals surface area contributed by atoms with E-state index in [-0.39, 0.29) is 17.0 Å². The summed E-state index contributed by atoms with van der Waals surface area (Å²) in [6, 6.07) is 16.2. The van der Waals surface area contributed by atoms with Gasteiger partial charge >= 0.3 is 12.0 Å². The molecule has 9 heteroatoms. The highest BCUT2D eigenvalue weighted by atomic mass is 16.5. The molecule has 1 aliphatic rings. The summed E-state index contributed by atoms with van der Waals surface area (Å²) in [5, 5.41) is 5.36. The van der Waals surface area contributed by atoms with Crippen molar-refractivity contribution in [1.29, 1.82) is 0 Å². The number of H-pyrrole nitrogens is 1. The number of Topliss-reactive ketones (excluding diaryl/α,β-unsaturated/α-hetero) is 1. The van der Waals surface area contributed by atoms with Gasteiger partial charge in [0.05, 0.1) is 5.56 Å². The Morgan fingerprint density at radius 2 is 1.50 bits per heavy atom. The second kappa shape index (κ2) is 10.5. The van der Waals surface area contributed by atoms with Crippen LogP contribution in [0.2, 0.25) is 0 Å². The van der Waals surface area contributed by atoms with E-state index in [0.29, 0.717) is 30.2 Å². The van der Waals surface area contributed by atoms with Crippen LogP contribution < -0.4 is 10.6 Å². The van der Waals surface area contributed by atoms with Gasteiger partial charge in [0.2, 0.25) is 5.78 Å². The molecule has 9 nitrogen and oxygen atoms in total. The first-order chi connectivity index (χ1) is 16.5. The second-order valence-corrected chi connectivity index (χ2v) is 7.82. The number of aromatic nitrogens is 1. The minimum atomic E-state index is -0.669. The zero-order valence-corrected chi connectivity index (χ0v) is 18.4. The number of urea groups is 1.